The van der Waals surface area contributed by atoms with Crippen LogP contribution in [0, 0.1) is 5.41 Å². The fourth-order valence-electron chi connectivity index (χ4n) is 1.70. The van der Waals surface area contributed by atoms with Crippen LogP contribution in [0.4, 0.5) is 0 Å². The second-order valence-corrected chi connectivity index (χ2v) is 7.89. The van der Waals surface area contributed by atoms with Crippen LogP contribution in [0.25, 0.3) is 0 Å². The first-order chi connectivity index (χ1) is 8.69. The van der Waals surface area contributed by atoms with E-state index in [9.17, 15) is 9.90 Å². The van der Waals surface area contributed by atoms with Gasteiger partial charge in [-0.25, -0.2) is 0 Å². The molecule has 1 atom stereocenters. The van der Waals surface area contributed by atoms with E-state index in [2.05, 4.69) is 57.9 Å². The van der Waals surface area contributed by atoms with Gasteiger partial charge in [0.25, 0.3) is 5.91 Å². The van der Waals surface area contributed by atoms with E-state index >= 15 is 0 Å². The summed E-state index contributed by atoms with van der Waals surface area (Å²) in [6.07, 6.45) is 0.971. The Balaban J connectivity index is 2.53. The van der Waals surface area contributed by atoms with E-state index in [1.165, 1.54) is 6.07 Å². The maximum Gasteiger partial charge on any atom is 0.251 e. The van der Waals surface area contributed by atoms with E-state index in [1.54, 1.807) is 12.1 Å². The highest BCUT2D eigenvalue weighted by molar-refractivity contribution is 9.10. The molecule has 1 aromatic rings. The van der Waals surface area contributed by atoms with Crippen molar-refractivity contribution in [2.45, 2.75) is 32.0 Å². The number of phenolic OH excluding ortho intramolecular Hbond substituents is 1. The molecule has 1 rings (SSSR count). The number of rotatable bonds is 4. The Morgan fingerprint density at radius 2 is 2.05 bits per heavy atom. The van der Waals surface area contributed by atoms with Crippen molar-refractivity contribution in [2.75, 3.05) is 6.54 Å². The lowest BCUT2D eigenvalue weighted by Crippen LogP contribution is -2.31. The zero-order valence-corrected chi connectivity index (χ0v) is 14.5. The monoisotopic (exact) mass is 391 g/mol. The van der Waals surface area contributed by atoms with Crippen molar-refractivity contribution < 1.29 is 9.90 Å². The third-order valence-electron chi connectivity index (χ3n) is 2.53. The average Bonchev–Trinajstić information content (AvgIpc) is 2.27. The number of nitrogens with one attached hydrogen (secondary N) is 1. The number of alkyl halides is 1. The minimum atomic E-state index is -0.179. The van der Waals surface area contributed by atoms with Gasteiger partial charge in [0.2, 0.25) is 0 Å². The molecule has 0 bridgehead atoms. The van der Waals surface area contributed by atoms with Crippen LogP contribution in [-0.4, -0.2) is 22.4 Å². The first kappa shape index (κ1) is 16.5. The number of phenols is 1. The molecular weight excluding hydrogens is 374 g/mol. The van der Waals surface area contributed by atoms with Gasteiger partial charge in [-0.05, 0) is 46.0 Å². The first-order valence-corrected chi connectivity index (χ1v) is 7.81. The van der Waals surface area contributed by atoms with Gasteiger partial charge in [0.15, 0.2) is 0 Å². The number of halogens is 2. The van der Waals surface area contributed by atoms with Crippen LogP contribution in [0.3, 0.4) is 0 Å². The van der Waals surface area contributed by atoms with Crippen molar-refractivity contribution >= 4 is 37.8 Å². The second-order valence-electron chi connectivity index (χ2n) is 5.74. The van der Waals surface area contributed by atoms with Gasteiger partial charge in [0, 0.05) is 16.9 Å². The standard InChI is InChI=1S/C14H19Br2NO2/c1-14(2,3)7-10(15)8-17-13(19)9-4-5-11(16)12(18)6-9/h4-6,10,18H,7-8H2,1-3H3,(H,17,19). The Bertz CT molecular complexity index is 455. The summed E-state index contributed by atoms with van der Waals surface area (Å²) in [6.45, 7) is 7.05. The van der Waals surface area contributed by atoms with Crippen molar-refractivity contribution in [3.05, 3.63) is 28.2 Å². The summed E-state index contributed by atoms with van der Waals surface area (Å²) in [5, 5.41) is 12.4. The number of aromatic hydroxyl groups is 1. The van der Waals surface area contributed by atoms with E-state index in [-0.39, 0.29) is 21.9 Å². The van der Waals surface area contributed by atoms with E-state index in [0.717, 1.165) is 6.42 Å². The van der Waals surface area contributed by atoms with Gasteiger partial charge in [0.05, 0.1) is 4.47 Å². The molecule has 0 fully saturated rings. The van der Waals surface area contributed by atoms with Gasteiger partial charge >= 0.3 is 0 Å². The molecule has 1 aromatic carbocycles. The summed E-state index contributed by atoms with van der Waals surface area (Å²) in [5.41, 5.74) is 0.672. The van der Waals surface area contributed by atoms with Crippen molar-refractivity contribution in [1.82, 2.24) is 5.32 Å². The third kappa shape index (κ3) is 5.95. The lowest BCUT2D eigenvalue weighted by atomic mass is 9.90. The molecule has 0 saturated heterocycles. The van der Waals surface area contributed by atoms with Gasteiger partial charge < -0.3 is 10.4 Å². The predicted octanol–water partition coefficient (Wildman–Crippen LogP) is 4.08. The number of hydrogen-bond donors (Lipinski definition) is 2. The second kappa shape index (κ2) is 6.75. The van der Waals surface area contributed by atoms with Crippen LogP contribution in [0.15, 0.2) is 22.7 Å². The summed E-state index contributed by atoms with van der Waals surface area (Å²) >= 11 is 6.75. The Kier molecular flexibility index (Phi) is 5.86. The summed E-state index contributed by atoms with van der Waals surface area (Å²) in [6, 6.07) is 4.78. The summed E-state index contributed by atoms with van der Waals surface area (Å²) < 4.78 is 0.579. The maximum atomic E-state index is 11.9. The van der Waals surface area contributed by atoms with Gasteiger partial charge in [-0.2, -0.15) is 0 Å². The van der Waals surface area contributed by atoms with Crippen molar-refractivity contribution in [3.63, 3.8) is 0 Å². The molecule has 106 valence electrons. The lowest BCUT2D eigenvalue weighted by Gasteiger charge is -2.22. The quantitative estimate of drug-likeness (QED) is 0.758. The van der Waals surface area contributed by atoms with Gasteiger partial charge in [0.1, 0.15) is 5.75 Å². The summed E-state index contributed by atoms with van der Waals surface area (Å²) in [4.78, 5) is 12.2. The molecule has 5 heteroatoms. The Morgan fingerprint density at radius 1 is 1.42 bits per heavy atom. The minimum Gasteiger partial charge on any atom is -0.507 e. The zero-order chi connectivity index (χ0) is 14.6. The number of hydrogen-bond acceptors (Lipinski definition) is 2. The fraction of sp³-hybridized carbons (Fsp3) is 0.500. The maximum absolute atomic E-state index is 11.9. The van der Waals surface area contributed by atoms with Crippen LogP contribution >= 0.6 is 31.9 Å². The number of carbonyl (C=O) groups is 1. The molecule has 3 nitrogen and oxygen atoms in total. The van der Waals surface area contributed by atoms with Crippen molar-refractivity contribution in [1.29, 1.82) is 0 Å². The largest absolute Gasteiger partial charge is 0.507 e. The molecule has 1 unspecified atom stereocenters. The Hall–Kier alpha value is -0.550. The highest BCUT2D eigenvalue weighted by atomic mass is 79.9. The van der Waals surface area contributed by atoms with Gasteiger partial charge in [-0.3, -0.25) is 4.79 Å². The molecule has 0 saturated carbocycles. The number of benzene rings is 1. The normalized spacial score (nSPS) is 13.1. The predicted molar refractivity (Wildman–Crippen MR) is 84.9 cm³/mol. The fourth-order valence-corrected chi connectivity index (χ4v) is 3.08. The van der Waals surface area contributed by atoms with Gasteiger partial charge in [-0.15, -0.1) is 0 Å². The molecule has 1 amide bonds. The molecule has 0 radical (unpaired) electrons. The van der Waals surface area contributed by atoms with Crippen molar-refractivity contribution in [3.8, 4) is 5.75 Å². The van der Waals surface area contributed by atoms with Crippen molar-refractivity contribution in [2.24, 2.45) is 5.41 Å². The lowest BCUT2D eigenvalue weighted by molar-refractivity contribution is 0.0952. The molecule has 0 heterocycles. The summed E-state index contributed by atoms with van der Waals surface area (Å²) in [7, 11) is 0. The smallest absolute Gasteiger partial charge is 0.251 e. The number of carbonyl (C=O) groups excluding carboxylic acids is 1. The molecular formula is C14H19Br2NO2. The minimum absolute atomic E-state index is 0.0673. The van der Waals surface area contributed by atoms with Gasteiger partial charge in [-0.1, -0.05) is 36.7 Å². The molecule has 0 aliphatic rings. The van der Waals surface area contributed by atoms with Crippen LogP contribution in [0.5, 0.6) is 5.75 Å². The van der Waals surface area contributed by atoms with Crippen LogP contribution < -0.4 is 5.32 Å². The molecule has 0 aromatic heterocycles. The van der Waals surface area contributed by atoms with E-state index in [0.29, 0.717) is 16.6 Å². The molecule has 2 N–H and O–H groups in total. The molecule has 0 spiro atoms. The number of amides is 1. The topological polar surface area (TPSA) is 49.3 Å². The molecule has 19 heavy (non-hydrogen) atoms. The highest BCUT2D eigenvalue weighted by Gasteiger charge is 2.17. The first-order valence-electron chi connectivity index (χ1n) is 6.10. The average molecular weight is 393 g/mol. The summed E-state index contributed by atoms with van der Waals surface area (Å²) in [5.74, 6) is -0.112. The highest BCUT2D eigenvalue weighted by Crippen LogP contribution is 2.25. The van der Waals surface area contributed by atoms with E-state index in [4.69, 9.17) is 0 Å². The van der Waals surface area contributed by atoms with E-state index in [1.807, 2.05) is 0 Å². The van der Waals surface area contributed by atoms with Crippen LogP contribution in [-0.2, 0) is 0 Å². The SMILES string of the molecule is CC(C)(C)CC(Br)CNC(=O)c1ccc(Br)c(O)c1. The van der Waals surface area contributed by atoms with E-state index < -0.39 is 0 Å². The molecule has 0 aliphatic heterocycles. The molecule has 0 aliphatic carbocycles. The third-order valence-corrected chi connectivity index (χ3v) is 3.84. The Morgan fingerprint density at radius 3 is 2.58 bits per heavy atom. The Labute approximate surface area is 131 Å². The van der Waals surface area contributed by atoms with Crippen LogP contribution in [0.2, 0.25) is 0 Å². The zero-order valence-electron chi connectivity index (χ0n) is 11.3. The van der Waals surface area contributed by atoms with Crippen LogP contribution in [0.1, 0.15) is 37.6 Å².